The molecule has 1 atom stereocenters. The second-order valence-corrected chi connectivity index (χ2v) is 8.15. The van der Waals surface area contributed by atoms with Crippen LogP contribution in [0.1, 0.15) is 12.8 Å². The SMILES string of the molecule is O=c1c2ccccc2c(-c2ccccc2)nn1-c1cc(N2CCCC(O)C2)ccc1[N+](=O)[O-]. The van der Waals surface area contributed by atoms with Crippen molar-refractivity contribution >= 4 is 22.1 Å². The van der Waals surface area contributed by atoms with Gasteiger partial charge in [-0.1, -0.05) is 48.5 Å². The summed E-state index contributed by atoms with van der Waals surface area (Å²) in [6.07, 6.45) is 1.09. The number of hydrogen-bond donors (Lipinski definition) is 1. The molecule has 1 aliphatic rings. The zero-order chi connectivity index (χ0) is 22.9. The first-order valence-corrected chi connectivity index (χ1v) is 10.8. The highest BCUT2D eigenvalue weighted by molar-refractivity contribution is 5.94. The first kappa shape index (κ1) is 20.8. The van der Waals surface area contributed by atoms with Crippen LogP contribution in [-0.2, 0) is 0 Å². The Morgan fingerprint density at radius 2 is 1.73 bits per heavy atom. The number of benzene rings is 3. The number of anilines is 1. The molecule has 0 aliphatic carbocycles. The normalized spacial score (nSPS) is 16.2. The predicted octanol–water partition coefficient (Wildman–Crippen LogP) is 3.92. The maximum Gasteiger partial charge on any atom is 0.295 e. The molecule has 0 bridgehead atoms. The fourth-order valence-corrected chi connectivity index (χ4v) is 4.38. The van der Waals surface area contributed by atoms with E-state index < -0.39 is 16.6 Å². The molecule has 2 heterocycles. The van der Waals surface area contributed by atoms with Gasteiger partial charge in [-0.05, 0) is 31.0 Å². The minimum absolute atomic E-state index is 0.102. The lowest BCUT2D eigenvalue weighted by Gasteiger charge is -2.32. The van der Waals surface area contributed by atoms with Crippen LogP contribution in [0.25, 0.3) is 27.7 Å². The number of aliphatic hydroxyl groups excluding tert-OH is 1. The quantitative estimate of drug-likeness (QED) is 0.380. The molecular weight excluding hydrogens is 420 g/mol. The van der Waals surface area contributed by atoms with Crippen molar-refractivity contribution in [3.63, 3.8) is 0 Å². The lowest BCUT2D eigenvalue weighted by molar-refractivity contribution is -0.384. The summed E-state index contributed by atoms with van der Waals surface area (Å²) < 4.78 is 1.13. The molecule has 166 valence electrons. The third-order valence-electron chi connectivity index (χ3n) is 6.00. The Morgan fingerprint density at radius 1 is 1.00 bits per heavy atom. The summed E-state index contributed by atoms with van der Waals surface area (Å²) >= 11 is 0. The maximum absolute atomic E-state index is 13.5. The van der Waals surface area contributed by atoms with Crippen LogP contribution < -0.4 is 10.5 Å². The molecule has 1 fully saturated rings. The molecule has 8 nitrogen and oxygen atoms in total. The molecule has 1 saturated heterocycles. The second kappa shape index (κ2) is 8.48. The van der Waals surface area contributed by atoms with Crippen LogP contribution >= 0.6 is 0 Å². The van der Waals surface area contributed by atoms with E-state index in [0.29, 0.717) is 28.7 Å². The zero-order valence-electron chi connectivity index (χ0n) is 17.8. The molecular formula is C25H22N4O4. The van der Waals surface area contributed by atoms with Gasteiger partial charge in [-0.3, -0.25) is 14.9 Å². The van der Waals surface area contributed by atoms with E-state index in [0.717, 1.165) is 29.6 Å². The topological polar surface area (TPSA) is 102 Å². The third kappa shape index (κ3) is 3.85. The van der Waals surface area contributed by atoms with E-state index in [1.165, 1.54) is 6.07 Å². The van der Waals surface area contributed by atoms with E-state index >= 15 is 0 Å². The van der Waals surface area contributed by atoms with Crippen LogP contribution in [0, 0.1) is 10.1 Å². The monoisotopic (exact) mass is 442 g/mol. The van der Waals surface area contributed by atoms with Gasteiger partial charge in [0.2, 0.25) is 0 Å². The molecule has 0 spiro atoms. The summed E-state index contributed by atoms with van der Waals surface area (Å²) in [5.74, 6) is 0. The molecule has 1 aliphatic heterocycles. The van der Waals surface area contributed by atoms with Crippen LogP contribution in [0.2, 0.25) is 0 Å². The van der Waals surface area contributed by atoms with E-state index in [1.807, 2.05) is 47.4 Å². The minimum atomic E-state index is -0.504. The molecule has 8 heteroatoms. The average molecular weight is 442 g/mol. The van der Waals surface area contributed by atoms with Gasteiger partial charge in [-0.25, -0.2) is 0 Å². The van der Waals surface area contributed by atoms with E-state index in [1.54, 1.807) is 24.3 Å². The summed E-state index contributed by atoms with van der Waals surface area (Å²) in [7, 11) is 0. The Hall–Kier alpha value is -4.04. The van der Waals surface area contributed by atoms with Crippen LogP contribution in [0.3, 0.4) is 0 Å². The third-order valence-corrected chi connectivity index (χ3v) is 6.00. The van der Waals surface area contributed by atoms with Gasteiger partial charge in [0.15, 0.2) is 0 Å². The Bertz CT molecular complexity index is 1400. The molecule has 0 amide bonds. The number of nitrogens with zero attached hydrogens (tertiary/aromatic N) is 4. The van der Waals surface area contributed by atoms with Crippen molar-refractivity contribution in [3.8, 4) is 16.9 Å². The molecule has 1 N–H and O–H groups in total. The Kier molecular flexibility index (Phi) is 5.35. The number of β-amino-alcohol motifs (C(OH)–C–C–N with tert-alkyl or cyclic N) is 1. The molecule has 0 saturated carbocycles. The summed E-state index contributed by atoms with van der Waals surface area (Å²) in [5.41, 5.74) is 1.55. The van der Waals surface area contributed by atoms with Gasteiger partial charge in [0.25, 0.3) is 11.2 Å². The van der Waals surface area contributed by atoms with Gasteiger partial charge < -0.3 is 10.0 Å². The first-order valence-electron chi connectivity index (χ1n) is 10.8. The number of fused-ring (bicyclic) bond motifs is 1. The second-order valence-electron chi connectivity index (χ2n) is 8.15. The maximum atomic E-state index is 13.5. The van der Waals surface area contributed by atoms with Crippen LogP contribution in [0.15, 0.2) is 77.6 Å². The summed E-state index contributed by atoms with van der Waals surface area (Å²) in [4.78, 5) is 26.8. The van der Waals surface area contributed by atoms with Crippen molar-refractivity contribution in [1.82, 2.24) is 9.78 Å². The van der Waals surface area contributed by atoms with Crippen molar-refractivity contribution < 1.29 is 10.0 Å². The Balaban J connectivity index is 1.76. The number of nitro groups is 1. The number of aliphatic hydroxyl groups is 1. The van der Waals surface area contributed by atoms with Crippen molar-refractivity contribution in [2.75, 3.05) is 18.0 Å². The number of rotatable bonds is 4. The lowest BCUT2D eigenvalue weighted by atomic mass is 10.0. The predicted molar refractivity (Wildman–Crippen MR) is 127 cm³/mol. The fourth-order valence-electron chi connectivity index (χ4n) is 4.38. The van der Waals surface area contributed by atoms with Crippen LogP contribution in [0.4, 0.5) is 11.4 Å². The largest absolute Gasteiger partial charge is 0.391 e. The minimum Gasteiger partial charge on any atom is -0.391 e. The Labute approximate surface area is 189 Å². The van der Waals surface area contributed by atoms with Crippen molar-refractivity contribution in [1.29, 1.82) is 0 Å². The van der Waals surface area contributed by atoms with Crippen LogP contribution in [-0.4, -0.2) is 39.0 Å². The van der Waals surface area contributed by atoms with Crippen molar-refractivity contribution in [3.05, 3.63) is 93.3 Å². The van der Waals surface area contributed by atoms with Gasteiger partial charge in [-0.15, -0.1) is 0 Å². The Morgan fingerprint density at radius 3 is 2.45 bits per heavy atom. The fraction of sp³-hybridized carbons (Fsp3) is 0.200. The molecule has 1 aromatic heterocycles. The van der Waals surface area contributed by atoms with Gasteiger partial charge in [0.1, 0.15) is 5.69 Å². The highest BCUT2D eigenvalue weighted by Gasteiger charge is 2.24. The molecule has 4 aromatic rings. The number of aromatic nitrogens is 2. The zero-order valence-corrected chi connectivity index (χ0v) is 17.8. The first-order chi connectivity index (χ1) is 16.0. The van der Waals surface area contributed by atoms with Gasteiger partial charge >= 0.3 is 0 Å². The lowest BCUT2D eigenvalue weighted by Crippen LogP contribution is -2.38. The summed E-state index contributed by atoms with van der Waals surface area (Å²) in [5, 5.41) is 27.7. The van der Waals surface area contributed by atoms with Crippen LogP contribution in [0.5, 0.6) is 0 Å². The van der Waals surface area contributed by atoms with E-state index in [4.69, 9.17) is 0 Å². The molecule has 33 heavy (non-hydrogen) atoms. The standard InChI is InChI=1S/C25H22N4O4/c30-19-9-6-14-27(16-19)18-12-13-22(29(32)33)23(15-18)28-25(31)21-11-5-4-10-20(21)24(26-28)17-7-2-1-3-8-17/h1-5,7-8,10-13,15,19,30H,6,9,14,16H2. The summed E-state index contributed by atoms with van der Waals surface area (Å²) in [6, 6.07) is 21.3. The highest BCUT2D eigenvalue weighted by Crippen LogP contribution is 2.31. The van der Waals surface area contributed by atoms with Crippen molar-refractivity contribution in [2.45, 2.75) is 18.9 Å². The molecule has 3 aromatic carbocycles. The number of hydrogen-bond acceptors (Lipinski definition) is 6. The average Bonchev–Trinajstić information content (AvgIpc) is 2.84. The molecule has 1 unspecified atom stereocenters. The number of piperidine rings is 1. The van der Waals surface area contributed by atoms with Crippen molar-refractivity contribution in [2.24, 2.45) is 0 Å². The van der Waals surface area contributed by atoms with Gasteiger partial charge in [0.05, 0.1) is 22.1 Å². The molecule has 0 radical (unpaired) electrons. The summed E-state index contributed by atoms with van der Waals surface area (Å²) in [6.45, 7) is 1.16. The smallest absolute Gasteiger partial charge is 0.295 e. The van der Waals surface area contributed by atoms with E-state index in [9.17, 15) is 20.0 Å². The van der Waals surface area contributed by atoms with Gasteiger partial charge in [0, 0.05) is 35.8 Å². The number of nitro benzene ring substituents is 1. The van der Waals surface area contributed by atoms with Gasteiger partial charge in [-0.2, -0.15) is 9.78 Å². The van der Waals surface area contributed by atoms with E-state index in [-0.39, 0.29) is 11.4 Å². The molecule has 5 rings (SSSR count). The highest BCUT2D eigenvalue weighted by atomic mass is 16.6. The van der Waals surface area contributed by atoms with E-state index in [2.05, 4.69) is 5.10 Å².